The van der Waals surface area contributed by atoms with Gasteiger partial charge < -0.3 is 10.1 Å². The van der Waals surface area contributed by atoms with Gasteiger partial charge in [0, 0.05) is 25.7 Å². The van der Waals surface area contributed by atoms with E-state index in [1.54, 1.807) is 0 Å². The van der Waals surface area contributed by atoms with Crippen molar-refractivity contribution in [1.82, 2.24) is 10.2 Å². The highest BCUT2D eigenvalue weighted by atomic mass is 16.5. The number of hydrogen-bond donors (Lipinski definition) is 1. The van der Waals surface area contributed by atoms with E-state index in [0.29, 0.717) is 12.1 Å². The Labute approximate surface area is 112 Å². The number of rotatable bonds is 4. The second-order valence-electron chi connectivity index (χ2n) is 6.30. The predicted molar refractivity (Wildman–Crippen MR) is 75.8 cm³/mol. The summed E-state index contributed by atoms with van der Waals surface area (Å²) < 4.78 is 5.85. The molecule has 18 heavy (non-hydrogen) atoms. The maximum atomic E-state index is 5.85. The topological polar surface area (TPSA) is 24.5 Å². The zero-order chi connectivity index (χ0) is 13.0. The van der Waals surface area contributed by atoms with Gasteiger partial charge >= 0.3 is 0 Å². The van der Waals surface area contributed by atoms with Crippen molar-refractivity contribution >= 4 is 0 Å². The van der Waals surface area contributed by atoms with Crippen molar-refractivity contribution in [2.24, 2.45) is 11.8 Å². The smallest absolute Gasteiger partial charge is 0.0826 e. The minimum atomic E-state index is 0.394. The van der Waals surface area contributed by atoms with Crippen molar-refractivity contribution in [2.45, 2.75) is 52.2 Å². The highest BCUT2D eigenvalue weighted by Gasteiger charge is 2.26. The van der Waals surface area contributed by atoms with Crippen LogP contribution in [0.15, 0.2) is 0 Å². The summed E-state index contributed by atoms with van der Waals surface area (Å²) >= 11 is 0. The van der Waals surface area contributed by atoms with E-state index in [9.17, 15) is 0 Å². The van der Waals surface area contributed by atoms with Crippen molar-refractivity contribution in [3.05, 3.63) is 0 Å². The molecule has 1 heterocycles. The molecule has 3 heteroatoms. The van der Waals surface area contributed by atoms with Gasteiger partial charge in [-0.25, -0.2) is 0 Å². The molecular weight excluding hydrogens is 224 g/mol. The van der Waals surface area contributed by atoms with Crippen molar-refractivity contribution in [3.63, 3.8) is 0 Å². The first-order chi connectivity index (χ1) is 8.69. The van der Waals surface area contributed by atoms with Crippen molar-refractivity contribution in [2.75, 3.05) is 32.8 Å². The SMILES string of the molecule is CCN1CCOC(CNC2CCC(C)CC2C)C1. The summed E-state index contributed by atoms with van der Waals surface area (Å²) in [5.41, 5.74) is 0. The van der Waals surface area contributed by atoms with Crippen LogP contribution in [0.2, 0.25) is 0 Å². The molecular formula is C15H30N2O. The standard InChI is InChI=1S/C15H30N2O/c1-4-17-7-8-18-14(11-17)10-16-15-6-5-12(2)9-13(15)3/h12-16H,4-11H2,1-3H3. The molecule has 3 nitrogen and oxygen atoms in total. The van der Waals surface area contributed by atoms with Gasteiger partial charge in [0.05, 0.1) is 12.7 Å². The molecule has 1 saturated heterocycles. The van der Waals surface area contributed by atoms with Crippen molar-refractivity contribution in [1.29, 1.82) is 0 Å². The lowest BCUT2D eigenvalue weighted by Gasteiger charge is -2.36. The Morgan fingerprint density at radius 3 is 2.83 bits per heavy atom. The monoisotopic (exact) mass is 254 g/mol. The van der Waals surface area contributed by atoms with E-state index in [0.717, 1.165) is 44.6 Å². The van der Waals surface area contributed by atoms with Gasteiger partial charge in [0.25, 0.3) is 0 Å². The first-order valence-corrected chi connectivity index (χ1v) is 7.76. The first-order valence-electron chi connectivity index (χ1n) is 7.76. The van der Waals surface area contributed by atoms with Gasteiger partial charge in [0.1, 0.15) is 0 Å². The van der Waals surface area contributed by atoms with Crippen molar-refractivity contribution < 1.29 is 4.74 Å². The molecule has 4 unspecified atom stereocenters. The van der Waals surface area contributed by atoms with Crippen LogP contribution in [0.1, 0.15) is 40.0 Å². The molecule has 2 aliphatic rings. The lowest BCUT2D eigenvalue weighted by atomic mass is 9.80. The number of nitrogens with zero attached hydrogens (tertiary/aromatic N) is 1. The van der Waals surface area contributed by atoms with Gasteiger partial charge in [0.2, 0.25) is 0 Å². The quantitative estimate of drug-likeness (QED) is 0.832. The minimum Gasteiger partial charge on any atom is -0.374 e. The second-order valence-corrected chi connectivity index (χ2v) is 6.30. The number of likely N-dealkylation sites (N-methyl/N-ethyl adjacent to an activating group) is 1. The van der Waals surface area contributed by atoms with Crippen molar-refractivity contribution in [3.8, 4) is 0 Å². The molecule has 0 bridgehead atoms. The van der Waals surface area contributed by atoms with Crippen LogP contribution in [-0.2, 0) is 4.74 Å². The molecule has 1 N–H and O–H groups in total. The molecule has 2 rings (SSSR count). The van der Waals surface area contributed by atoms with Gasteiger partial charge in [-0.1, -0.05) is 20.8 Å². The maximum absolute atomic E-state index is 5.85. The fourth-order valence-electron chi connectivity index (χ4n) is 3.44. The average molecular weight is 254 g/mol. The van der Waals surface area contributed by atoms with E-state index >= 15 is 0 Å². The summed E-state index contributed by atoms with van der Waals surface area (Å²) in [7, 11) is 0. The van der Waals surface area contributed by atoms with E-state index in [1.165, 1.54) is 19.3 Å². The lowest BCUT2D eigenvalue weighted by molar-refractivity contribution is -0.0277. The van der Waals surface area contributed by atoms with Crippen LogP contribution < -0.4 is 5.32 Å². The Hall–Kier alpha value is -0.120. The van der Waals surface area contributed by atoms with E-state index in [4.69, 9.17) is 4.74 Å². The van der Waals surface area contributed by atoms with Crippen LogP contribution in [-0.4, -0.2) is 49.8 Å². The van der Waals surface area contributed by atoms with Crippen LogP contribution >= 0.6 is 0 Å². The zero-order valence-corrected chi connectivity index (χ0v) is 12.3. The Balaban J connectivity index is 1.70. The Bertz CT molecular complexity index is 247. The van der Waals surface area contributed by atoms with Gasteiger partial charge in [-0.3, -0.25) is 4.90 Å². The molecule has 0 aromatic rings. The molecule has 1 saturated carbocycles. The average Bonchev–Trinajstić information content (AvgIpc) is 2.38. The molecule has 2 fully saturated rings. The predicted octanol–water partition coefficient (Wildman–Crippen LogP) is 2.12. The molecule has 106 valence electrons. The largest absolute Gasteiger partial charge is 0.374 e. The zero-order valence-electron chi connectivity index (χ0n) is 12.3. The van der Waals surface area contributed by atoms with Gasteiger partial charge in [-0.05, 0) is 37.6 Å². The lowest BCUT2D eigenvalue weighted by Crippen LogP contribution is -2.49. The third kappa shape index (κ3) is 3.94. The third-order valence-corrected chi connectivity index (χ3v) is 4.71. The molecule has 0 spiro atoms. The Kier molecular flexibility index (Phi) is 5.46. The van der Waals surface area contributed by atoms with Crippen LogP contribution in [0.5, 0.6) is 0 Å². The fourth-order valence-corrected chi connectivity index (χ4v) is 3.44. The van der Waals surface area contributed by atoms with Crippen LogP contribution in [0.25, 0.3) is 0 Å². The fraction of sp³-hybridized carbons (Fsp3) is 1.00. The highest BCUT2D eigenvalue weighted by Crippen LogP contribution is 2.28. The Morgan fingerprint density at radius 1 is 1.28 bits per heavy atom. The van der Waals surface area contributed by atoms with Crippen LogP contribution in [0, 0.1) is 11.8 Å². The normalized spacial score (nSPS) is 38.8. The molecule has 0 radical (unpaired) electrons. The molecule has 4 atom stereocenters. The summed E-state index contributed by atoms with van der Waals surface area (Å²) in [5.74, 6) is 1.74. The number of ether oxygens (including phenoxy) is 1. The molecule has 1 aliphatic carbocycles. The third-order valence-electron chi connectivity index (χ3n) is 4.71. The number of hydrogen-bond acceptors (Lipinski definition) is 3. The molecule has 1 aliphatic heterocycles. The molecule has 0 amide bonds. The van der Waals surface area contributed by atoms with E-state index in [-0.39, 0.29) is 0 Å². The first kappa shape index (κ1) is 14.3. The summed E-state index contributed by atoms with van der Waals surface area (Å²) in [6.07, 6.45) is 4.50. The van der Waals surface area contributed by atoms with Gasteiger partial charge in [-0.2, -0.15) is 0 Å². The summed E-state index contributed by atoms with van der Waals surface area (Å²) in [5, 5.41) is 3.75. The summed E-state index contributed by atoms with van der Waals surface area (Å²) in [4.78, 5) is 2.49. The van der Waals surface area contributed by atoms with Crippen LogP contribution in [0.3, 0.4) is 0 Å². The Morgan fingerprint density at radius 2 is 2.11 bits per heavy atom. The maximum Gasteiger partial charge on any atom is 0.0826 e. The van der Waals surface area contributed by atoms with Gasteiger partial charge in [-0.15, -0.1) is 0 Å². The summed E-state index contributed by atoms with van der Waals surface area (Å²) in [6.45, 7) is 12.3. The molecule has 0 aromatic heterocycles. The second kappa shape index (κ2) is 6.88. The van der Waals surface area contributed by atoms with Gasteiger partial charge in [0.15, 0.2) is 0 Å². The number of morpholine rings is 1. The van der Waals surface area contributed by atoms with E-state index < -0.39 is 0 Å². The van der Waals surface area contributed by atoms with Crippen LogP contribution in [0.4, 0.5) is 0 Å². The number of nitrogens with one attached hydrogen (secondary N) is 1. The van der Waals surface area contributed by atoms with E-state index in [1.807, 2.05) is 0 Å². The van der Waals surface area contributed by atoms with E-state index in [2.05, 4.69) is 31.0 Å². The molecule has 0 aromatic carbocycles. The summed E-state index contributed by atoms with van der Waals surface area (Å²) in [6, 6.07) is 0.710. The minimum absolute atomic E-state index is 0.394. The highest BCUT2D eigenvalue weighted by molar-refractivity contribution is 4.83.